The first-order valence-electron chi connectivity index (χ1n) is 34.7. The van der Waals surface area contributed by atoms with Crippen LogP contribution >= 0.6 is 0 Å². The number of hydrogen-bond acceptors (Lipinski definition) is 40. The van der Waals surface area contributed by atoms with E-state index in [0.717, 1.165) is 48.6 Å². The van der Waals surface area contributed by atoms with Crippen LogP contribution in [0.25, 0.3) is 0 Å². The van der Waals surface area contributed by atoms with Crippen molar-refractivity contribution in [2.24, 2.45) is 0 Å². The van der Waals surface area contributed by atoms with Gasteiger partial charge in [-0.25, -0.2) is 76.7 Å². The number of carboxylic acids is 10. The Hall–Kier alpha value is -13.1. The van der Waals surface area contributed by atoms with Gasteiger partial charge in [0.15, 0.2) is 61.0 Å². The number of rotatable bonds is 32. The average molecular weight is 1720 g/mol. The van der Waals surface area contributed by atoms with Gasteiger partial charge in [-0.05, 0) is 0 Å². The van der Waals surface area contributed by atoms with Crippen LogP contribution in [-0.2, 0) is 191 Å². The Morgan fingerprint density at radius 1 is 0.183 bits per heavy atom. The molecule has 10 rings (SSSR count). The number of aliphatic carboxylic acids is 10. The summed E-state index contributed by atoms with van der Waals surface area (Å²) in [7, 11) is 0. The normalized spacial score (nSPS) is 28.7. The molecule has 50 nitrogen and oxygen atoms in total. The predicted octanol–water partition coefficient (Wildman–Crippen LogP) is -5.11. The molecule has 10 N–H and O–H groups in total. The lowest BCUT2D eigenvalue weighted by atomic mass is 10.1. The van der Waals surface area contributed by atoms with Crippen LogP contribution in [0, 0.1) is 0 Å². The molecule has 0 aromatic carbocycles. The van der Waals surface area contributed by atoms with Gasteiger partial charge in [-0.1, -0.05) is 0 Å². The Morgan fingerprint density at radius 2 is 0.300 bits per heavy atom. The van der Waals surface area contributed by atoms with Crippen LogP contribution in [0.4, 0.5) is 0 Å². The molecular formula is C70H74O50. The van der Waals surface area contributed by atoms with Gasteiger partial charge < -0.3 is 146 Å². The number of carbonyl (C=O) groups excluding carboxylic acids is 10. The fraction of sp³-hybridized carbons (Fsp3) is 0.486. The maximum atomic E-state index is 11.6. The minimum atomic E-state index is -1.29. The lowest BCUT2D eigenvalue weighted by Crippen LogP contribution is -2.35. The van der Waals surface area contributed by atoms with E-state index in [-0.39, 0.29) is 91.8 Å². The summed E-state index contributed by atoms with van der Waals surface area (Å²) in [5, 5.41) is 84.5. The summed E-state index contributed by atoms with van der Waals surface area (Å²) in [6, 6.07) is 0. The van der Waals surface area contributed by atoms with E-state index in [1.807, 2.05) is 0 Å². The van der Waals surface area contributed by atoms with Gasteiger partial charge >= 0.3 is 119 Å². The van der Waals surface area contributed by atoms with Gasteiger partial charge in [0.2, 0.25) is 0 Å². The van der Waals surface area contributed by atoms with Crippen molar-refractivity contribution >= 4 is 119 Å². The number of esters is 10. The van der Waals surface area contributed by atoms with Gasteiger partial charge in [0.05, 0.1) is 91.8 Å². The van der Waals surface area contributed by atoms with Crippen molar-refractivity contribution in [2.75, 3.05) is 66.1 Å². The number of fused-ring (bicyclic) bond motifs is 5. The molecule has 0 radical (unpaired) electrons. The highest BCUT2D eigenvalue weighted by Gasteiger charge is 2.56. The van der Waals surface area contributed by atoms with Gasteiger partial charge in [0.25, 0.3) is 0 Å². The van der Waals surface area contributed by atoms with Crippen LogP contribution in [-0.4, -0.2) is 359 Å². The van der Waals surface area contributed by atoms with Crippen molar-refractivity contribution < 1.29 is 242 Å². The molecule has 0 aromatic heterocycles. The molecule has 50 heteroatoms. The second-order valence-corrected chi connectivity index (χ2v) is 25.0. The first-order chi connectivity index (χ1) is 56.8. The van der Waals surface area contributed by atoms with Crippen molar-refractivity contribution in [1.29, 1.82) is 0 Å². The molecule has 0 aromatic rings. The molecule has 0 saturated carbocycles. The van der Waals surface area contributed by atoms with Gasteiger partial charge in [-0.15, -0.1) is 0 Å². The lowest BCUT2D eigenvalue weighted by Gasteiger charge is -2.16. The molecule has 10 aliphatic heterocycles. The average Bonchev–Trinajstić information content (AvgIpc) is 1.68. The fourth-order valence-electron chi connectivity index (χ4n) is 11.7. The van der Waals surface area contributed by atoms with Crippen LogP contribution in [0.2, 0.25) is 0 Å². The molecule has 10 heterocycles. The van der Waals surface area contributed by atoms with Gasteiger partial charge in [-0.2, -0.15) is 0 Å². The maximum Gasteiger partial charge on any atom is 0.331 e. The van der Waals surface area contributed by atoms with Crippen molar-refractivity contribution in [1.82, 2.24) is 0 Å². The highest BCUT2D eigenvalue weighted by Crippen LogP contribution is 2.36. The van der Waals surface area contributed by atoms with Crippen molar-refractivity contribution in [3.63, 3.8) is 0 Å². The number of ether oxygens (including phenoxy) is 20. The topological polar surface area (TPSA) is 728 Å². The summed E-state index contributed by atoms with van der Waals surface area (Å²) in [6.07, 6.45) is -3.89. The third-order valence-corrected chi connectivity index (χ3v) is 16.5. The van der Waals surface area contributed by atoms with Gasteiger partial charge in [0, 0.05) is 97.2 Å². The first kappa shape index (κ1) is 95.8. The van der Waals surface area contributed by atoms with E-state index in [2.05, 4.69) is 0 Å². The first-order valence-corrected chi connectivity index (χ1v) is 34.7. The largest absolute Gasteiger partial charge is 0.481 e. The predicted molar refractivity (Wildman–Crippen MR) is 364 cm³/mol. The highest BCUT2D eigenvalue weighted by molar-refractivity contribution is 5.95. The number of carboxylic acid groups (broad SMARTS) is 10. The second kappa shape index (κ2) is 47.4. The smallest absolute Gasteiger partial charge is 0.331 e. The summed E-state index contributed by atoms with van der Waals surface area (Å²) >= 11 is 0. The molecule has 0 bridgehead atoms. The molecule has 10 saturated heterocycles. The lowest BCUT2D eigenvalue weighted by molar-refractivity contribution is -0.156. The fourth-order valence-corrected chi connectivity index (χ4v) is 11.7. The Labute approximate surface area is 670 Å². The summed E-state index contributed by atoms with van der Waals surface area (Å²) in [5.74, 6) is -20.7. The van der Waals surface area contributed by atoms with Crippen LogP contribution in [0.5, 0.6) is 0 Å². The van der Waals surface area contributed by atoms with E-state index in [1.54, 1.807) is 0 Å². The minimum Gasteiger partial charge on any atom is -0.481 e. The van der Waals surface area contributed by atoms with Gasteiger partial charge in [0.1, 0.15) is 61.0 Å². The van der Waals surface area contributed by atoms with Crippen LogP contribution < -0.4 is 0 Å². The standard InChI is InChI=1S/2C14H16O10.3C14H14O10/c5*15-9(16)1-3-11(19)23-7-5-21-14-8(6-22-13(7)14)24-12(20)4-2-10(17)18/h2*1,3,7-8,13-14H,2,4-6H2,(H,15,16)(H,17,18);3*1-4,7-8,13-14H,5-6H2,(H,15,16)(H,17,18)/b3-1+;3-1-;3-1+,4-2+;3-1-,4-2+;3-1-,4-2-/t5*7-,8-,13-,14-/m11111/s1. The Balaban J connectivity index is 0.000000233. The van der Waals surface area contributed by atoms with Crippen LogP contribution in [0.3, 0.4) is 0 Å². The van der Waals surface area contributed by atoms with Crippen molar-refractivity contribution in [2.45, 2.75) is 148 Å². The zero-order valence-corrected chi connectivity index (χ0v) is 61.5. The molecule has 120 heavy (non-hydrogen) atoms. The number of hydrogen-bond donors (Lipinski definition) is 10. The third-order valence-electron chi connectivity index (χ3n) is 16.5. The molecule has 0 unspecified atom stereocenters. The zero-order valence-electron chi connectivity index (χ0n) is 61.5. The van der Waals surface area contributed by atoms with Crippen molar-refractivity contribution in [3.8, 4) is 0 Å². The highest BCUT2D eigenvalue weighted by atomic mass is 16.7. The van der Waals surface area contributed by atoms with E-state index in [1.165, 1.54) is 0 Å². The maximum absolute atomic E-state index is 11.6. The Kier molecular flexibility index (Phi) is 37.8. The molecule has 10 aliphatic rings. The van der Waals surface area contributed by atoms with E-state index in [4.69, 9.17) is 146 Å². The van der Waals surface area contributed by atoms with E-state index in [0.29, 0.717) is 48.6 Å². The molecule has 0 aliphatic carbocycles. The van der Waals surface area contributed by atoms with Crippen LogP contribution in [0.1, 0.15) is 25.7 Å². The molecule has 10 fully saturated rings. The summed E-state index contributed by atoms with van der Waals surface area (Å²) < 4.78 is 105. The van der Waals surface area contributed by atoms with Crippen molar-refractivity contribution in [3.05, 3.63) is 97.2 Å². The molecule has 654 valence electrons. The van der Waals surface area contributed by atoms with E-state index >= 15 is 0 Å². The van der Waals surface area contributed by atoms with E-state index in [9.17, 15) is 95.9 Å². The monoisotopic (exact) mass is 1710 g/mol. The second-order valence-electron chi connectivity index (χ2n) is 25.0. The third kappa shape index (κ3) is 32.4. The minimum absolute atomic E-state index is 0.000993. The SMILES string of the molecule is O=C(O)/C=C/C(=O)O[C@@H]1CO[C@H]2[C@@H]1OC[C@H]2OC(=O)/C=C/C(=O)O.O=C(O)/C=C/C(=O)O[C@@H]1CO[C@H]2[C@@H]1OC[C@H]2OC(=O)CCC(=O)O.O=C(O)/C=C\C(=O)O[C@@H]1CO[C@H]2[C@@H]1OC[C@H]2OC(=O)/C=C/C(=O)O.O=C(O)/C=C\C(=O)O[C@@H]1CO[C@H]2[C@@H]1OC[C@H]2OC(=O)/C=C\C(=O)O.O=C(O)/C=C\C(=O)O[C@@H]1CO[C@H]2[C@@H]1OC[C@H]2OC(=O)CCC(=O)O. The molecular weight excluding hydrogens is 1640 g/mol. The summed E-state index contributed by atoms with van der Waals surface area (Å²) in [6.45, 7) is 0.114. The zero-order chi connectivity index (χ0) is 88.4. The quantitative estimate of drug-likeness (QED) is 0.0171. The Bertz CT molecular complexity index is 3560. The summed E-state index contributed by atoms with van der Waals surface area (Å²) in [5.41, 5.74) is 0. The Morgan fingerprint density at radius 3 is 0.408 bits per heavy atom. The molecule has 0 spiro atoms. The summed E-state index contributed by atoms with van der Waals surface area (Å²) in [4.78, 5) is 218. The van der Waals surface area contributed by atoms with Gasteiger partial charge in [-0.3, -0.25) is 19.2 Å². The van der Waals surface area contributed by atoms with E-state index < -0.39 is 241 Å². The molecule has 20 atom stereocenters. The molecule has 0 amide bonds. The number of carbonyl (C=O) groups is 20. The van der Waals surface area contributed by atoms with Crippen LogP contribution in [0.15, 0.2) is 97.2 Å².